The van der Waals surface area contributed by atoms with E-state index >= 15 is 0 Å². The fraction of sp³-hybridized carbons (Fsp3) is 0.333. The predicted octanol–water partition coefficient (Wildman–Crippen LogP) is 0.757. The molecule has 0 spiro atoms. The smallest absolute Gasteiger partial charge is 0.271 e. The predicted molar refractivity (Wildman–Crippen MR) is 65.9 cm³/mol. The van der Waals surface area contributed by atoms with Crippen LogP contribution in [-0.4, -0.2) is 25.7 Å². The van der Waals surface area contributed by atoms with Crippen LogP contribution >= 0.6 is 0 Å². The Hall–Kier alpha value is -2.24. The summed E-state index contributed by atoms with van der Waals surface area (Å²) < 4.78 is 1.80. The zero-order valence-electron chi connectivity index (χ0n) is 10.6. The number of hydrogen-bond acceptors (Lipinski definition) is 4. The molecule has 18 heavy (non-hydrogen) atoms. The van der Waals surface area contributed by atoms with Crippen LogP contribution < -0.4 is 5.32 Å². The molecule has 1 amide bonds. The zero-order valence-corrected chi connectivity index (χ0v) is 10.6. The van der Waals surface area contributed by atoms with Crippen molar-refractivity contribution in [1.82, 2.24) is 25.1 Å². The molecule has 6 heteroatoms. The Morgan fingerprint density at radius 2 is 2.17 bits per heavy atom. The van der Waals surface area contributed by atoms with E-state index in [1.807, 2.05) is 20.9 Å². The van der Waals surface area contributed by atoms with E-state index in [9.17, 15) is 4.79 Å². The first-order valence-electron chi connectivity index (χ1n) is 5.63. The molecule has 0 saturated carbocycles. The summed E-state index contributed by atoms with van der Waals surface area (Å²) in [5, 5.41) is 7.11. The number of nitrogens with one attached hydrogen (secondary N) is 1. The van der Waals surface area contributed by atoms with Crippen LogP contribution in [0, 0.1) is 13.8 Å². The fourth-order valence-corrected chi connectivity index (χ4v) is 1.75. The number of carbonyl (C=O) groups excluding carboxylic acids is 1. The molecule has 0 unspecified atom stereocenters. The fourth-order valence-electron chi connectivity index (χ4n) is 1.75. The number of aromatic nitrogens is 4. The maximum Gasteiger partial charge on any atom is 0.271 e. The summed E-state index contributed by atoms with van der Waals surface area (Å²) in [6.45, 7) is 4.35. The summed E-state index contributed by atoms with van der Waals surface area (Å²) in [5.74, 6) is -0.231. The minimum atomic E-state index is -0.231. The van der Waals surface area contributed by atoms with Gasteiger partial charge in [0.15, 0.2) is 0 Å². The molecule has 1 N–H and O–H groups in total. The van der Waals surface area contributed by atoms with Crippen molar-refractivity contribution in [2.24, 2.45) is 7.05 Å². The van der Waals surface area contributed by atoms with Gasteiger partial charge in [-0.05, 0) is 13.8 Å². The highest BCUT2D eigenvalue weighted by molar-refractivity contribution is 5.91. The molecular formula is C12H15N5O. The minimum Gasteiger partial charge on any atom is -0.346 e. The van der Waals surface area contributed by atoms with Crippen molar-refractivity contribution in [3.05, 3.63) is 41.2 Å². The van der Waals surface area contributed by atoms with E-state index in [2.05, 4.69) is 20.4 Å². The molecule has 2 rings (SSSR count). The highest BCUT2D eigenvalue weighted by Gasteiger charge is 2.12. The molecule has 94 valence electrons. The van der Waals surface area contributed by atoms with Crippen LogP contribution in [0.25, 0.3) is 0 Å². The molecule has 2 aromatic heterocycles. The number of nitrogens with zero attached hydrogens (tertiary/aromatic N) is 4. The number of hydrogen-bond donors (Lipinski definition) is 1. The second-order valence-electron chi connectivity index (χ2n) is 4.05. The number of carbonyl (C=O) groups is 1. The van der Waals surface area contributed by atoms with Gasteiger partial charge < -0.3 is 5.32 Å². The van der Waals surface area contributed by atoms with Crippen molar-refractivity contribution in [3.63, 3.8) is 0 Å². The molecule has 0 saturated heterocycles. The standard InChI is InChI=1S/C12H15N5O/c1-8-10(9(2)17(3)16-8)6-15-12(18)11-7-13-4-5-14-11/h4-5,7H,6H2,1-3H3,(H,15,18). The average Bonchev–Trinajstić information content (AvgIpc) is 2.62. The zero-order chi connectivity index (χ0) is 13.1. The molecular weight excluding hydrogens is 230 g/mol. The first-order valence-corrected chi connectivity index (χ1v) is 5.63. The number of rotatable bonds is 3. The maximum absolute atomic E-state index is 11.8. The highest BCUT2D eigenvalue weighted by atomic mass is 16.1. The third kappa shape index (κ3) is 2.37. The lowest BCUT2D eigenvalue weighted by atomic mass is 10.2. The van der Waals surface area contributed by atoms with Crippen LogP contribution in [0.4, 0.5) is 0 Å². The van der Waals surface area contributed by atoms with Gasteiger partial charge in [-0.1, -0.05) is 0 Å². The largest absolute Gasteiger partial charge is 0.346 e. The minimum absolute atomic E-state index is 0.231. The summed E-state index contributed by atoms with van der Waals surface area (Å²) in [6, 6.07) is 0. The average molecular weight is 245 g/mol. The van der Waals surface area contributed by atoms with Crippen molar-refractivity contribution >= 4 is 5.91 Å². The second kappa shape index (κ2) is 4.95. The maximum atomic E-state index is 11.8. The van der Waals surface area contributed by atoms with Crippen LogP contribution in [0.5, 0.6) is 0 Å². The number of aryl methyl sites for hydroxylation is 2. The van der Waals surface area contributed by atoms with E-state index in [-0.39, 0.29) is 5.91 Å². The van der Waals surface area contributed by atoms with Gasteiger partial charge in [0.05, 0.1) is 11.9 Å². The lowest BCUT2D eigenvalue weighted by Crippen LogP contribution is -2.24. The van der Waals surface area contributed by atoms with Gasteiger partial charge in [-0.2, -0.15) is 5.10 Å². The Morgan fingerprint density at radius 1 is 1.39 bits per heavy atom. The molecule has 0 aliphatic carbocycles. The summed E-state index contributed by atoms with van der Waals surface area (Å²) in [4.78, 5) is 19.6. The van der Waals surface area contributed by atoms with Crippen LogP contribution in [0.3, 0.4) is 0 Å². The van der Waals surface area contributed by atoms with Gasteiger partial charge >= 0.3 is 0 Å². The monoisotopic (exact) mass is 245 g/mol. The van der Waals surface area contributed by atoms with Crippen molar-refractivity contribution in [2.75, 3.05) is 0 Å². The quantitative estimate of drug-likeness (QED) is 0.866. The van der Waals surface area contributed by atoms with E-state index in [0.717, 1.165) is 17.0 Å². The third-order valence-electron chi connectivity index (χ3n) is 2.88. The molecule has 0 aliphatic rings. The summed E-state index contributed by atoms with van der Waals surface area (Å²) in [5.41, 5.74) is 3.33. The Kier molecular flexibility index (Phi) is 3.36. The Bertz CT molecular complexity index is 561. The van der Waals surface area contributed by atoms with Gasteiger partial charge in [0.1, 0.15) is 5.69 Å². The molecule has 0 aliphatic heterocycles. The van der Waals surface area contributed by atoms with Gasteiger partial charge in [-0.25, -0.2) is 4.98 Å². The van der Waals surface area contributed by atoms with Crippen LogP contribution in [0.2, 0.25) is 0 Å². The molecule has 0 radical (unpaired) electrons. The molecule has 0 atom stereocenters. The third-order valence-corrected chi connectivity index (χ3v) is 2.88. The van der Waals surface area contributed by atoms with Crippen LogP contribution in [0.15, 0.2) is 18.6 Å². The molecule has 0 fully saturated rings. The van der Waals surface area contributed by atoms with Crippen molar-refractivity contribution in [1.29, 1.82) is 0 Å². The van der Waals surface area contributed by atoms with Crippen molar-refractivity contribution in [2.45, 2.75) is 20.4 Å². The van der Waals surface area contributed by atoms with E-state index in [1.54, 1.807) is 4.68 Å². The first-order chi connectivity index (χ1) is 8.59. The van der Waals surface area contributed by atoms with Gasteiger partial charge in [0, 0.05) is 37.2 Å². The summed E-state index contributed by atoms with van der Waals surface area (Å²) in [7, 11) is 1.89. The molecule has 0 bridgehead atoms. The van der Waals surface area contributed by atoms with E-state index in [1.165, 1.54) is 18.6 Å². The molecule has 6 nitrogen and oxygen atoms in total. The Morgan fingerprint density at radius 3 is 2.72 bits per heavy atom. The van der Waals surface area contributed by atoms with E-state index < -0.39 is 0 Å². The first kappa shape index (κ1) is 12.2. The topological polar surface area (TPSA) is 72.7 Å². The van der Waals surface area contributed by atoms with Crippen molar-refractivity contribution in [3.8, 4) is 0 Å². The highest BCUT2D eigenvalue weighted by Crippen LogP contribution is 2.11. The van der Waals surface area contributed by atoms with Crippen LogP contribution in [0.1, 0.15) is 27.4 Å². The van der Waals surface area contributed by atoms with Gasteiger partial charge in [-0.3, -0.25) is 14.5 Å². The second-order valence-corrected chi connectivity index (χ2v) is 4.05. The van der Waals surface area contributed by atoms with Crippen LogP contribution in [-0.2, 0) is 13.6 Å². The van der Waals surface area contributed by atoms with Gasteiger partial charge in [0.2, 0.25) is 0 Å². The Balaban J connectivity index is 2.06. The van der Waals surface area contributed by atoms with Gasteiger partial charge in [-0.15, -0.1) is 0 Å². The number of amides is 1. The van der Waals surface area contributed by atoms with E-state index in [0.29, 0.717) is 12.2 Å². The lowest BCUT2D eigenvalue weighted by molar-refractivity contribution is 0.0945. The van der Waals surface area contributed by atoms with Gasteiger partial charge in [0.25, 0.3) is 5.91 Å². The molecule has 2 heterocycles. The normalized spacial score (nSPS) is 10.4. The Labute approximate surface area is 105 Å². The summed E-state index contributed by atoms with van der Waals surface area (Å²) >= 11 is 0. The van der Waals surface area contributed by atoms with Crippen molar-refractivity contribution < 1.29 is 4.79 Å². The SMILES string of the molecule is Cc1nn(C)c(C)c1CNC(=O)c1cnccn1. The molecule has 2 aromatic rings. The summed E-state index contributed by atoms with van der Waals surface area (Å²) in [6.07, 6.45) is 4.47. The molecule has 0 aromatic carbocycles. The lowest BCUT2D eigenvalue weighted by Gasteiger charge is -2.04. The van der Waals surface area contributed by atoms with E-state index in [4.69, 9.17) is 0 Å².